The zero-order valence-corrected chi connectivity index (χ0v) is 11.7. The quantitative estimate of drug-likeness (QED) is 0.802. The molecule has 1 aliphatic rings. The molecular weight excluding hydrogens is 273 g/mol. The zero-order valence-electron chi connectivity index (χ0n) is 10.8. The van der Waals surface area contributed by atoms with Gasteiger partial charge in [0, 0.05) is 42.7 Å². The minimum Gasteiger partial charge on any atom is -0.315 e. The van der Waals surface area contributed by atoms with Crippen LogP contribution in [0.5, 0.6) is 0 Å². The molecule has 3 heterocycles. The molecule has 20 heavy (non-hydrogen) atoms. The normalized spacial score (nSPS) is 17.2. The molecule has 0 saturated carbocycles. The minimum absolute atomic E-state index is 0.0217. The van der Waals surface area contributed by atoms with Crippen molar-refractivity contribution in [3.05, 3.63) is 59.1 Å². The molecule has 5 heteroatoms. The monoisotopic (exact) mass is 287 g/mol. The third kappa shape index (κ3) is 1.85. The van der Waals surface area contributed by atoms with E-state index in [1.807, 2.05) is 22.0 Å². The molecule has 0 unspecified atom stereocenters. The van der Waals surface area contributed by atoms with E-state index in [0.29, 0.717) is 0 Å². The Morgan fingerprint density at radius 2 is 2.30 bits per heavy atom. The van der Waals surface area contributed by atoms with Gasteiger partial charge >= 0.3 is 0 Å². The fraction of sp³-hybridized carbons (Fsp3) is 0.267. The second kappa shape index (κ2) is 4.40. The highest BCUT2D eigenvalue weighted by Crippen LogP contribution is 2.33. The topological polar surface area (TPSA) is 29.3 Å². The number of fused-ring (bicyclic) bond motifs is 1. The number of imidazole rings is 1. The summed E-state index contributed by atoms with van der Waals surface area (Å²) in [5.74, 6) is -0.167. The van der Waals surface area contributed by atoms with E-state index in [9.17, 15) is 4.39 Å². The smallest absolute Gasteiger partial charge is 0.193 e. The summed E-state index contributed by atoms with van der Waals surface area (Å²) in [5.41, 5.74) is 2.11. The number of halogens is 1. The number of hydrogen-bond acceptors (Lipinski definition) is 3. The molecule has 3 nitrogen and oxygen atoms in total. The number of nitrogens with zero attached hydrogens (tertiary/aromatic N) is 2. The Hall–Kier alpha value is -1.72. The predicted molar refractivity (Wildman–Crippen MR) is 77.7 cm³/mol. The van der Waals surface area contributed by atoms with Crippen LogP contribution in [-0.4, -0.2) is 22.5 Å². The van der Waals surface area contributed by atoms with E-state index >= 15 is 0 Å². The predicted octanol–water partition coefficient (Wildman–Crippen LogP) is 2.62. The van der Waals surface area contributed by atoms with Gasteiger partial charge in [0.2, 0.25) is 0 Å². The molecule has 2 aromatic heterocycles. The Labute approximate surface area is 120 Å². The molecule has 4 rings (SSSR count). The summed E-state index contributed by atoms with van der Waals surface area (Å²) in [6.07, 6.45) is 4.94. The van der Waals surface area contributed by atoms with Gasteiger partial charge < -0.3 is 5.32 Å². The van der Waals surface area contributed by atoms with Gasteiger partial charge in [-0.2, -0.15) is 0 Å². The molecular formula is C15H14FN3S. The lowest BCUT2D eigenvalue weighted by Crippen LogP contribution is -2.58. The Morgan fingerprint density at radius 3 is 3.00 bits per heavy atom. The number of nitrogens with one attached hydrogen (secondary N) is 1. The van der Waals surface area contributed by atoms with Gasteiger partial charge in [-0.05, 0) is 17.7 Å². The first-order chi connectivity index (χ1) is 9.75. The lowest BCUT2D eigenvalue weighted by molar-refractivity contribution is 0.272. The summed E-state index contributed by atoms with van der Waals surface area (Å²) >= 11 is 1.63. The van der Waals surface area contributed by atoms with E-state index in [1.54, 1.807) is 23.5 Å². The maximum atomic E-state index is 13.5. The van der Waals surface area contributed by atoms with Crippen molar-refractivity contribution in [2.24, 2.45) is 0 Å². The Balaban J connectivity index is 1.69. The average Bonchev–Trinajstić information content (AvgIpc) is 2.94. The molecule has 3 aromatic rings. The Bertz CT molecular complexity index is 729. The third-order valence-corrected chi connectivity index (χ3v) is 4.80. The Morgan fingerprint density at radius 1 is 1.40 bits per heavy atom. The van der Waals surface area contributed by atoms with Gasteiger partial charge in [-0.1, -0.05) is 12.1 Å². The number of benzene rings is 1. The molecule has 0 bridgehead atoms. The van der Waals surface area contributed by atoms with Crippen LogP contribution in [0.15, 0.2) is 42.0 Å². The van der Waals surface area contributed by atoms with E-state index in [4.69, 9.17) is 0 Å². The van der Waals surface area contributed by atoms with Gasteiger partial charge in [-0.3, -0.25) is 4.40 Å². The molecule has 0 spiro atoms. The maximum absolute atomic E-state index is 13.5. The standard InChI is InChI=1S/C15H14FN3S/c16-12-3-1-2-11(6-12)15(9-17-10-15)7-13-8-19-4-5-20-14(19)18-13/h1-6,8,17H,7,9-10H2. The van der Waals surface area contributed by atoms with Gasteiger partial charge in [0.05, 0.1) is 5.69 Å². The summed E-state index contributed by atoms with van der Waals surface area (Å²) < 4.78 is 15.5. The van der Waals surface area contributed by atoms with Crippen molar-refractivity contribution < 1.29 is 4.39 Å². The number of hydrogen-bond donors (Lipinski definition) is 1. The first kappa shape index (κ1) is 12.1. The molecule has 0 radical (unpaired) electrons. The van der Waals surface area contributed by atoms with Crippen LogP contribution in [0.1, 0.15) is 11.3 Å². The lowest BCUT2D eigenvalue weighted by Gasteiger charge is -2.43. The van der Waals surface area contributed by atoms with E-state index in [0.717, 1.165) is 35.7 Å². The summed E-state index contributed by atoms with van der Waals surface area (Å²) in [5, 5.41) is 5.34. The first-order valence-corrected chi connectivity index (χ1v) is 7.51. The third-order valence-electron chi connectivity index (χ3n) is 4.03. The van der Waals surface area contributed by atoms with Crippen LogP contribution in [0.2, 0.25) is 0 Å². The van der Waals surface area contributed by atoms with Gasteiger partial charge in [-0.25, -0.2) is 9.37 Å². The number of rotatable bonds is 3. The maximum Gasteiger partial charge on any atom is 0.193 e. The van der Waals surface area contributed by atoms with Crippen LogP contribution in [0, 0.1) is 5.82 Å². The van der Waals surface area contributed by atoms with Gasteiger partial charge in [-0.15, -0.1) is 11.3 Å². The lowest BCUT2D eigenvalue weighted by atomic mass is 9.72. The van der Waals surface area contributed by atoms with Crippen LogP contribution in [0.4, 0.5) is 4.39 Å². The van der Waals surface area contributed by atoms with Crippen molar-refractivity contribution in [1.82, 2.24) is 14.7 Å². The largest absolute Gasteiger partial charge is 0.315 e. The summed E-state index contributed by atoms with van der Waals surface area (Å²) in [6.45, 7) is 1.75. The fourth-order valence-corrected chi connectivity index (χ4v) is 3.60. The summed E-state index contributed by atoms with van der Waals surface area (Å²) in [6, 6.07) is 6.95. The highest BCUT2D eigenvalue weighted by atomic mass is 32.1. The van der Waals surface area contributed by atoms with E-state index in [2.05, 4.69) is 16.5 Å². The second-order valence-corrected chi connectivity index (χ2v) is 6.27. The molecule has 0 aliphatic carbocycles. The van der Waals surface area contributed by atoms with Crippen LogP contribution < -0.4 is 5.32 Å². The van der Waals surface area contributed by atoms with Crippen LogP contribution in [0.25, 0.3) is 4.96 Å². The van der Waals surface area contributed by atoms with E-state index in [1.165, 1.54) is 6.07 Å². The second-order valence-electron chi connectivity index (χ2n) is 5.40. The van der Waals surface area contributed by atoms with Crippen molar-refractivity contribution in [2.45, 2.75) is 11.8 Å². The van der Waals surface area contributed by atoms with Gasteiger partial charge in [0.1, 0.15) is 5.82 Å². The SMILES string of the molecule is Fc1cccc(C2(Cc3cn4ccsc4n3)CNC2)c1. The number of thiazole rings is 1. The molecule has 1 N–H and O–H groups in total. The number of aromatic nitrogens is 2. The van der Waals surface area contributed by atoms with Crippen molar-refractivity contribution in [1.29, 1.82) is 0 Å². The first-order valence-electron chi connectivity index (χ1n) is 6.63. The van der Waals surface area contributed by atoms with Crippen LogP contribution in [0.3, 0.4) is 0 Å². The molecule has 1 aromatic carbocycles. The molecule has 0 atom stereocenters. The molecule has 1 saturated heterocycles. The molecule has 1 aliphatic heterocycles. The van der Waals surface area contributed by atoms with Crippen LogP contribution in [-0.2, 0) is 11.8 Å². The summed E-state index contributed by atoms with van der Waals surface area (Å²) in [7, 11) is 0. The van der Waals surface area contributed by atoms with Gasteiger partial charge in [0.25, 0.3) is 0 Å². The Kier molecular flexibility index (Phi) is 2.65. The average molecular weight is 287 g/mol. The van der Waals surface area contributed by atoms with E-state index < -0.39 is 0 Å². The van der Waals surface area contributed by atoms with Crippen molar-refractivity contribution in [3.8, 4) is 0 Å². The molecule has 1 fully saturated rings. The molecule has 102 valence electrons. The van der Waals surface area contributed by atoms with Crippen molar-refractivity contribution in [3.63, 3.8) is 0 Å². The molecule has 0 amide bonds. The van der Waals surface area contributed by atoms with Crippen molar-refractivity contribution in [2.75, 3.05) is 13.1 Å². The summed E-state index contributed by atoms with van der Waals surface area (Å²) in [4.78, 5) is 5.66. The fourth-order valence-electron chi connectivity index (χ4n) is 2.88. The zero-order chi connectivity index (χ0) is 13.6. The van der Waals surface area contributed by atoms with Gasteiger partial charge in [0.15, 0.2) is 4.96 Å². The highest BCUT2D eigenvalue weighted by Gasteiger charge is 2.39. The van der Waals surface area contributed by atoms with Crippen molar-refractivity contribution >= 4 is 16.3 Å². The van der Waals surface area contributed by atoms with E-state index in [-0.39, 0.29) is 11.2 Å². The van der Waals surface area contributed by atoms with Crippen LogP contribution >= 0.6 is 11.3 Å². The minimum atomic E-state index is -0.167. The highest BCUT2D eigenvalue weighted by molar-refractivity contribution is 7.15.